The van der Waals surface area contributed by atoms with E-state index in [2.05, 4.69) is 25.6 Å². The van der Waals surface area contributed by atoms with E-state index in [1.54, 1.807) is 0 Å². The van der Waals surface area contributed by atoms with Gasteiger partial charge in [-0.15, -0.1) is 11.6 Å². The standard InChI is InChI=1S/C10H19ClS/c1-3-10(2,8-11)7-9-5-4-6-12-9/h9H,3-8H2,1-2H3. The van der Waals surface area contributed by atoms with E-state index in [0.717, 1.165) is 11.1 Å². The Hall–Kier alpha value is 0.640. The van der Waals surface area contributed by atoms with E-state index in [9.17, 15) is 0 Å². The number of halogens is 1. The number of hydrogen-bond acceptors (Lipinski definition) is 1. The third-order valence-corrected chi connectivity index (χ3v) is 4.96. The Kier molecular flexibility index (Phi) is 4.25. The molecule has 1 aliphatic heterocycles. The lowest BCUT2D eigenvalue weighted by atomic mass is 9.84. The molecule has 0 nitrogen and oxygen atoms in total. The molecule has 1 aliphatic rings. The summed E-state index contributed by atoms with van der Waals surface area (Å²) in [6, 6.07) is 0. The molecule has 12 heavy (non-hydrogen) atoms. The quantitative estimate of drug-likeness (QED) is 0.629. The van der Waals surface area contributed by atoms with Gasteiger partial charge in [0.25, 0.3) is 0 Å². The maximum atomic E-state index is 5.98. The van der Waals surface area contributed by atoms with Crippen LogP contribution in [0.25, 0.3) is 0 Å². The van der Waals surface area contributed by atoms with Gasteiger partial charge in [-0.25, -0.2) is 0 Å². The first-order valence-electron chi connectivity index (χ1n) is 4.88. The van der Waals surface area contributed by atoms with Crippen molar-refractivity contribution in [3.05, 3.63) is 0 Å². The summed E-state index contributed by atoms with van der Waals surface area (Å²) in [4.78, 5) is 0. The lowest BCUT2D eigenvalue weighted by Crippen LogP contribution is -2.22. The fourth-order valence-electron chi connectivity index (χ4n) is 1.65. The second kappa shape index (κ2) is 4.76. The number of hydrogen-bond donors (Lipinski definition) is 0. The highest BCUT2D eigenvalue weighted by atomic mass is 35.5. The fourth-order valence-corrected chi connectivity index (χ4v) is 3.47. The Bertz CT molecular complexity index is 126. The molecule has 1 heterocycles. The molecule has 0 aromatic rings. The normalized spacial score (nSPS) is 28.8. The molecule has 1 saturated heterocycles. The molecule has 0 aliphatic carbocycles. The molecule has 0 radical (unpaired) electrons. The van der Waals surface area contributed by atoms with Crippen LogP contribution in [0.15, 0.2) is 0 Å². The van der Waals surface area contributed by atoms with E-state index < -0.39 is 0 Å². The molecule has 2 heteroatoms. The average Bonchev–Trinajstić information content (AvgIpc) is 2.57. The van der Waals surface area contributed by atoms with Gasteiger partial charge >= 0.3 is 0 Å². The zero-order chi connectivity index (χ0) is 9.03. The van der Waals surface area contributed by atoms with Crippen molar-refractivity contribution in [2.45, 2.75) is 44.8 Å². The van der Waals surface area contributed by atoms with E-state index in [1.807, 2.05) is 0 Å². The molecule has 0 N–H and O–H groups in total. The van der Waals surface area contributed by atoms with Crippen LogP contribution in [0.5, 0.6) is 0 Å². The van der Waals surface area contributed by atoms with Crippen molar-refractivity contribution in [3.63, 3.8) is 0 Å². The molecule has 2 atom stereocenters. The minimum atomic E-state index is 0.392. The Morgan fingerprint density at radius 1 is 1.58 bits per heavy atom. The first-order chi connectivity index (χ1) is 5.70. The highest BCUT2D eigenvalue weighted by Gasteiger charge is 2.27. The third kappa shape index (κ3) is 2.85. The Morgan fingerprint density at radius 3 is 2.75 bits per heavy atom. The molecule has 0 spiro atoms. The van der Waals surface area contributed by atoms with Gasteiger partial charge in [-0.3, -0.25) is 0 Å². The van der Waals surface area contributed by atoms with Crippen LogP contribution in [0.2, 0.25) is 0 Å². The molecule has 72 valence electrons. The number of alkyl halides is 1. The first-order valence-corrected chi connectivity index (χ1v) is 6.46. The largest absolute Gasteiger partial charge is 0.159 e. The smallest absolute Gasteiger partial charge is 0.0277 e. The van der Waals surface area contributed by atoms with Crippen molar-refractivity contribution in [2.24, 2.45) is 5.41 Å². The SMILES string of the molecule is CCC(C)(CCl)CC1CCCS1. The zero-order valence-corrected chi connectivity index (χ0v) is 9.68. The van der Waals surface area contributed by atoms with Crippen molar-refractivity contribution in [1.82, 2.24) is 0 Å². The lowest BCUT2D eigenvalue weighted by Gasteiger charge is -2.28. The van der Waals surface area contributed by atoms with Crippen LogP contribution in [0, 0.1) is 5.41 Å². The molecule has 1 rings (SSSR count). The van der Waals surface area contributed by atoms with Crippen molar-refractivity contribution in [3.8, 4) is 0 Å². The number of thioether (sulfide) groups is 1. The van der Waals surface area contributed by atoms with Gasteiger partial charge in [0.1, 0.15) is 0 Å². The third-order valence-electron chi connectivity index (χ3n) is 2.92. The predicted octanol–water partition coefficient (Wildman–Crippen LogP) is 3.93. The molecule has 0 aromatic carbocycles. The fraction of sp³-hybridized carbons (Fsp3) is 1.00. The summed E-state index contributed by atoms with van der Waals surface area (Å²) in [5, 5.41) is 0.897. The summed E-state index contributed by atoms with van der Waals surface area (Å²) in [5.41, 5.74) is 0.392. The van der Waals surface area contributed by atoms with Gasteiger partial charge in [-0.1, -0.05) is 13.8 Å². The van der Waals surface area contributed by atoms with E-state index in [1.165, 1.54) is 31.4 Å². The molecule has 2 unspecified atom stereocenters. The lowest BCUT2D eigenvalue weighted by molar-refractivity contribution is 0.322. The Morgan fingerprint density at radius 2 is 2.33 bits per heavy atom. The maximum absolute atomic E-state index is 5.98. The van der Waals surface area contributed by atoms with Crippen LogP contribution in [0.1, 0.15) is 39.5 Å². The Labute approximate surface area is 85.4 Å². The summed E-state index contributed by atoms with van der Waals surface area (Å²) in [6.45, 7) is 4.57. The molecule has 0 bridgehead atoms. The minimum Gasteiger partial charge on any atom is -0.159 e. The van der Waals surface area contributed by atoms with Gasteiger partial charge in [-0.2, -0.15) is 11.8 Å². The number of rotatable bonds is 4. The van der Waals surface area contributed by atoms with Crippen LogP contribution in [0.3, 0.4) is 0 Å². The Balaban J connectivity index is 2.35. The molecule has 0 aromatic heterocycles. The summed E-state index contributed by atoms with van der Waals surface area (Å²) >= 11 is 8.12. The van der Waals surface area contributed by atoms with Crippen molar-refractivity contribution >= 4 is 23.4 Å². The predicted molar refractivity (Wildman–Crippen MR) is 59.2 cm³/mol. The molecule has 0 amide bonds. The summed E-state index contributed by atoms with van der Waals surface area (Å²) in [5.74, 6) is 2.19. The second-order valence-electron chi connectivity index (χ2n) is 4.14. The van der Waals surface area contributed by atoms with Crippen molar-refractivity contribution < 1.29 is 0 Å². The van der Waals surface area contributed by atoms with E-state index >= 15 is 0 Å². The zero-order valence-electron chi connectivity index (χ0n) is 8.11. The van der Waals surface area contributed by atoms with Crippen LogP contribution in [-0.4, -0.2) is 16.9 Å². The van der Waals surface area contributed by atoms with E-state index in [0.29, 0.717) is 5.41 Å². The van der Waals surface area contributed by atoms with Crippen LogP contribution in [-0.2, 0) is 0 Å². The van der Waals surface area contributed by atoms with E-state index in [-0.39, 0.29) is 0 Å². The van der Waals surface area contributed by atoms with E-state index in [4.69, 9.17) is 11.6 Å². The summed E-state index contributed by atoms with van der Waals surface area (Å²) < 4.78 is 0. The van der Waals surface area contributed by atoms with Gasteiger partial charge in [-0.05, 0) is 36.9 Å². The first kappa shape index (κ1) is 10.7. The molecular formula is C10H19ClS. The van der Waals surface area contributed by atoms with Crippen molar-refractivity contribution in [1.29, 1.82) is 0 Å². The average molecular weight is 207 g/mol. The topological polar surface area (TPSA) is 0 Å². The van der Waals surface area contributed by atoms with Gasteiger partial charge in [0.05, 0.1) is 0 Å². The minimum absolute atomic E-state index is 0.392. The summed E-state index contributed by atoms with van der Waals surface area (Å²) in [7, 11) is 0. The monoisotopic (exact) mass is 206 g/mol. The van der Waals surface area contributed by atoms with Gasteiger partial charge < -0.3 is 0 Å². The molecule has 1 fully saturated rings. The van der Waals surface area contributed by atoms with Crippen LogP contribution in [0.4, 0.5) is 0 Å². The van der Waals surface area contributed by atoms with Gasteiger partial charge in [0.15, 0.2) is 0 Å². The van der Waals surface area contributed by atoms with Crippen molar-refractivity contribution in [2.75, 3.05) is 11.6 Å². The van der Waals surface area contributed by atoms with Gasteiger partial charge in [0.2, 0.25) is 0 Å². The van der Waals surface area contributed by atoms with Crippen LogP contribution >= 0.6 is 23.4 Å². The summed E-state index contributed by atoms with van der Waals surface area (Å²) in [6.07, 6.45) is 5.36. The highest BCUT2D eigenvalue weighted by molar-refractivity contribution is 8.00. The molecule has 0 saturated carbocycles. The highest BCUT2D eigenvalue weighted by Crippen LogP contribution is 2.38. The maximum Gasteiger partial charge on any atom is 0.0277 e. The van der Waals surface area contributed by atoms with Gasteiger partial charge in [0, 0.05) is 11.1 Å². The second-order valence-corrected chi connectivity index (χ2v) is 5.81. The van der Waals surface area contributed by atoms with Crippen LogP contribution < -0.4 is 0 Å². The molecular weight excluding hydrogens is 188 g/mol.